The van der Waals surface area contributed by atoms with Gasteiger partial charge in [0.1, 0.15) is 0 Å². The topological polar surface area (TPSA) is 105 Å². The first-order chi connectivity index (χ1) is 15.7. The van der Waals surface area contributed by atoms with Gasteiger partial charge in [-0.15, -0.1) is 11.6 Å². The summed E-state index contributed by atoms with van der Waals surface area (Å²) in [4.78, 5) is 50.1. The van der Waals surface area contributed by atoms with Crippen molar-refractivity contribution >= 4 is 35.5 Å². The molecule has 0 spiro atoms. The van der Waals surface area contributed by atoms with E-state index in [0.29, 0.717) is 12.8 Å². The van der Waals surface area contributed by atoms with Gasteiger partial charge in [0.15, 0.2) is 0 Å². The molecule has 0 amide bonds. The molecule has 0 bridgehead atoms. The average Bonchev–Trinajstić information content (AvgIpc) is 2.85. The van der Waals surface area contributed by atoms with Crippen LogP contribution in [0, 0.1) is 30.6 Å². The first kappa shape index (κ1) is 25.0. The summed E-state index contributed by atoms with van der Waals surface area (Å²) in [6, 6.07) is 0. The van der Waals surface area contributed by atoms with Crippen molar-refractivity contribution in [3.63, 3.8) is 0 Å². The van der Waals surface area contributed by atoms with Gasteiger partial charge in [-0.3, -0.25) is 19.2 Å². The predicted octanol–water partition coefficient (Wildman–Crippen LogP) is 2.09. The van der Waals surface area contributed by atoms with Crippen molar-refractivity contribution in [1.29, 1.82) is 0 Å². The molecule has 3 rings (SSSR count). The number of alkyl halides is 1. The van der Waals surface area contributed by atoms with Crippen LogP contribution in [-0.4, -0.2) is 52.3 Å². The first-order valence-corrected chi connectivity index (χ1v) is 11.3. The second kappa shape index (κ2) is 10.1. The first-order valence-electron chi connectivity index (χ1n) is 10.8. The van der Waals surface area contributed by atoms with Crippen molar-refractivity contribution in [3.05, 3.63) is 33.4 Å². The third-order valence-corrected chi connectivity index (χ3v) is 7.45. The molecule has 0 N–H and O–H groups in total. The van der Waals surface area contributed by atoms with Gasteiger partial charge in [0, 0.05) is 5.88 Å². The fraction of sp³-hybridized carbons (Fsp3) is 0.583. The van der Waals surface area contributed by atoms with E-state index in [0.717, 1.165) is 33.4 Å². The van der Waals surface area contributed by atoms with E-state index in [9.17, 15) is 19.2 Å². The number of methoxy groups -OCH3 is 4. The van der Waals surface area contributed by atoms with Gasteiger partial charge in [0.25, 0.3) is 0 Å². The summed E-state index contributed by atoms with van der Waals surface area (Å²) in [6.07, 6.45) is 1.16. The van der Waals surface area contributed by atoms with Gasteiger partial charge in [-0.1, -0.05) is 0 Å². The number of ether oxygens (including phenoxy) is 4. The monoisotopic (exact) mass is 480 g/mol. The fourth-order valence-corrected chi connectivity index (χ4v) is 5.76. The molecule has 8 nitrogen and oxygen atoms in total. The number of benzene rings is 1. The summed E-state index contributed by atoms with van der Waals surface area (Å²) in [5, 5.41) is 0. The largest absolute Gasteiger partial charge is 0.469 e. The molecule has 0 unspecified atom stereocenters. The highest BCUT2D eigenvalue weighted by atomic mass is 35.5. The van der Waals surface area contributed by atoms with E-state index >= 15 is 0 Å². The van der Waals surface area contributed by atoms with E-state index in [2.05, 4.69) is 0 Å². The number of fused-ring (bicyclic) bond motifs is 2. The smallest absolute Gasteiger partial charge is 0.309 e. The lowest BCUT2D eigenvalue weighted by Crippen LogP contribution is -2.41. The van der Waals surface area contributed by atoms with Gasteiger partial charge in [-0.25, -0.2) is 0 Å². The number of hydrogen-bond acceptors (Lipinski definition) is 8. The van der Waals surface area contributed by atoms with Crippen LogP contribution in [0.2, 0.25) is 0 Å². The minimum absolute atomic E-state index is 0.165. The third-order valence-electron chi connectivity index (χ3n) is 7.18. The second-order valence-electron chi connectivity index (χ2n) is 8.49. The van der Waals surface area contributed by atoms with Crippen LogP contribution in [0.1, 0.15) is 33.4 Å². The summed E-state index contributed by atoms with van der Waals surface area (Å²) in [5.41, 5.74) is 5.43. The van der Waals surface area contributed by atoms with Gasteiger partial charge < -0.3 is 18.9 Å². The molecule has 0 radical (unpaired) electrons. The molecule has 0 saturated carbocycles. The summed E-state index contributed by atoms with van der Waals surface area (Å²) >= 11 is 6.41. The van der Waals surface area contributed by atoms with Crippen molar-refractivity contribution in [2.24, 2.45) is 23.7 Å². The molecule has 0 saturated heterocycles. The number of carbonyl (C=O) groups is 4. The highest BCUT2D eigenvalue weighted by molar-refractivity contribution is 6.17. The molecule has 0 aliphatic heterocycles. The maximum atomic E-state index is 12.5. The van der Waals surface area contributed by atoms with E-state index in [4.69, 9.17) is 30.5 Å². The molecule has 0 heterocycles. The lowest BCUT2D eigenvalue weighted by Gasteiger charge is -2.37. The molecular formula is C24H29ClO8. The van der Waals surface area contributed by atoms with E-state index in [1.165, 1.54) is 28.4 Å². The Labute approximate surface area is 197 Å². The highest BCUT2D eigenvalue weighted by Crippen LogP contribution is 2.44. The molecule has 4 atom stereocenters. The fourth-order valence-electron chi connectivity index (χ4n) is 5.43. The van der Waals surface area contributed by atoms with Crippen LogP contribution in [0.5, 0.6) is 0 Å². The van der Waals surface area contributed by atoms with Crippen LogP contribution in [-0.2, 0) is 69.7 Å². The van der Waals surface area contributed by atoms with Crippen molar-refractivity contribution < 1.29 is 38.1 Å². The second-order valence-corrected chi connectivity index (χ2v) is 8.75. The van der Waals surface area contributed by atoms with E-state index in [1.54, 1.807) is 0 Å². The van der Waals surface area contributed by atoms with E-state index in [1.807, 2.05) is 6.92 Å². The Morgan fingerprint density at radius 3 is 1.15 bits per heavy atom. The van der Waals surface area contributed by atoms with Crippen molar-refractivity contribution in [1.82, 2.24) is 0 Å². The normalized spacial score (nSPS) is 23.6. The minimum atomic E-state index is -0.697. The van der Waals surface area contributed by atoms with Gasteiger partial charge in [-0.05, 0) is 66.0 Å². The SMILES string of the molecule is COC(=O)[C@H]1Cc2c(C)c3c(c(CCl)c2C[C@@H]1C(=O)OC)C[C@H](C(=O)OC)[C@H](C(=O)OC)C3. The van der Waals surface area contributed by atoms with E-state index in [-0.39, 0.29) is 18.7 Å². The lowest BCUT2D eigenvalue weighted by atomic mass is 9.67. The molecule has 180 valence electrons. The molecule has 0 aromatic heterocycles. The Hall–Kier alpha value is -2.61. The van der Waals surface area contributed by atoms with Crippen LogP contribution in [0.15, 0.2) is 0 Å². The Morgan fingerprint density at radius 1 is 0.636 bits per heavy atom. The Morgan fingerprint density at radius 2 is 0.909 bits per heavy atom. The number of rotatable bonds is 5. The summed E-state index contributed by atoms with van der Waals surface area (Å²) in [6.45, 7) is 1.94. The molecule has 0 fully saturated rings. The number of esters is 4. The van der Waals surface area contributed by atoms with Gasteiger partial charge in [-0.2, -0.15) is 0 Å². The molecule has 1 aromatic carbocycles. The summed E-state index contributed by atoms with van der Waals surface area (Å²) in [5.74, 6) is -4.50. The van der Waals surface area contributed by atoms with Crippen molar-refractivity contribution in [2.75, 3.05) is 28.4 Å². The molecule has 2 aliphatic carbocycles. The van der Waals surface area contributed by atoms with Crippen LogP contribution in [0.25, 0.3) is 0 Å². The Bertz CT molecular complexity index is 912. The number of halogens is 1. The van der Waals surface area contributed by atoms with Gasteiger partial charge in [0.2, 0.25) is 0 Å². The highest BCUT2D eigenvalue weighted by Gasteiger charge is 2.45. The van der Waals surface area contributed by atoms with Crippen molar-refractivity contribution in [3.8, 4) is 0 Å². The maximum Gasteiger partial charge on any atom is 0.309 e. The van der Waals surface area contributed by atoms with Crippen LogP contribution < -0.4 is 0 Å². The summed E-state index contributed by atoms with van der Waals surface area (Å²) in [7, 11) is 5.18. The molecule has 1 aromatic rings. The molecule has 9 heteroatoms. The van der Waals surface area contributed by atoms with Gasteiger partial charge >= 0.3 is 23.9 Å². The molecular weight excluding hydrogens is 452 g/mol. The zero-order chi connectivity index (χ0) is 24.4. The maximum absolute atomic E-state index is 12.5. The quantitative estimate of drug-likeness (QED) is 0.358. The number of carbonyl (C=O) groups excluding carboxylic acids is 4. The average molecular weight is 481 g/mol. The standard InChI is InChI=1S/C24H29ClO8/c1-11-12-6-16(21(26)30-2)18(23(28)32-4)8-14(12)20(10-25)15-9-19(24(29)33-5)17(7-13(11)15)22(27)31-3/h16-19H,6-10H2,1-5H3/t16-,17+,18-,19-/m0/s1. The van der Waals surface area contributed by atoms with Crippen LogP contribution >= 0.6 is 11.6 Å². The zero-order valence-corrected chi connectivity index (χ0v) is 20.2. The predicted molar refractivity (Wildman–Crippen MR) is 118 cm³/mol. The lowest BCUT2D eigenvalue weighted by molar-refractivity contribution is -0.158. The van der Waals surface area contributed by atoms with Crippen LogP contribution in [0.4, 0.5) is 0 Å². The number of hydrogen-bond donors (Lipinski definition) is 0. The third kappa shape index (κ3) is 4.33. The van der Waals surface area contributed by atoms with Crippen molar-refractivity contribution in [2.45, 2.75) is 38.5 Å². The zero-order valence-electron chi connectivity index (χ0n) is 19.5. The van der Waals surface area contributed by atoms with E-state index < -0.39 is 47.5 Å². The Balaban J connectivity index is 2.19. The van der Waals surface area contributed by atoms with Crippen LogP contribution in [0.3, 0.4) is 0 Å². The van der Waals surface area contributed by atoms with Gasteiger partial charge in [0.05, 0.1) is 52.1 Å². The molecule has 33 heavy (non-hydrogen) atoms. The molecule has 2 aliphatic rings. The summed E-state index contributed by atoms with van der Waals surface area (Å²) < 4.78 is 19.9. The Kier molecular flexibility index (Phi) is 7.67. The minimum Gasteiger partial charge on any atom is -0.469 e.